The van der Waals surface area contributed by atoms with E-state index in [1.165, 1.54) is 4.88 Å². The first-order chi connectivity index (χ1) is 12.4. The Morgan fingerprint density at radius 3 is 2.50 bits per heavy atom. The first-order valence-corrected chi connectivity index (χ1v) is 11.2. The van der Waals surface area contributed by atoms with Crippen molar-refractivity contribution in [1.29, 1.82) is 0 Å². The zero-order chi connectivity index (χ0) is 18.7. The van der Waals surface area contributed by atoms with E-state index in [1.54, 1.807) is 17.4 Å². The molecule has 142 valence electrons. The molecule has 0 aliphatic carbocycles. The third kappa shape index (κ3) is 4.35. The molecule has 1 fully saturated rings. The minimum Gasteiger partial charge on any atom is -0.379 e. The molecule has 0 bridgehead atoms. The predicted molar refractivity (Wildman–Crippen MR) is 105 cm³/mol. The van der Waals surface area contributed by atoms with Crippen LogP contribution in [0.5, 0.6) is 0 Å². The zero-order valence-corrected chi connectivity index (χ0v) is 17.1. The zero-order valence-electron chi connectivity index (χ0n) is 15.5. The second-order valence-electron chi connectivity index (χ2n) is 6.73. The highest BCUT2D eigenvalue weighted by molar-refractivity contribution is 7.89. The van der Waals surface area contributed by atoms with Gasteiger partial charge in [-0.1, -0.05) is 12.1 Å². The fraction of sp³-hybridized carbons (Fsp3) is 0.474. The van der Waals surface area contributed by atoms with Gasteiger partial charge in [0.15, 0.2) is 0 Å². The number of hydrogen-bond donors (Lipinski definition) is 1. The summed E-state index contributed by atoms with van der Waals surface area (Å²) in [5, 5.41) is 2.03. The Balaban J connectivity index is 1.81. The van der Waals surface area contributed by atoms with E-state index in [1.807, 2.05) is 38.3 Å². The van der Waals surface area contributed by atoms with Gasteiger partial charge in [-0.3, -0.25) is 4.90 Å². The van der Waals surface area contributed by atoms with Gasteiger partial charge in [0.2, 0.25) is 10.0 Å². The number of thiophene rings is 1. The van der Waals surface area contributed by atoms with Gasteiger partial charge in [-0.25, -0.2) is 13.1 Å². The molecule has 1 aromatic heterocycles. The van der Waals surface area contributed by atoms with Crippen LogP contribution in [0.15, 0.2) is 34.5 Å². The molecule has 3 rings (SSSR count). The number of hydrogen-bond acceptors (Lipinski definition) is 5. The molecular formula is C19H26N2O3S2. The predicted octanol–water partition coefficient (Wildman–Crippen LogP) is 3.03. The van der Waals surface area contributed by atoms with Crippen molar-refractivity contribution in [3.05, 3.63) is 51.2 Å². The molecule has 0 radical (unpaired) electrons. The van der Waals surface area contributed by atoms with Crippen LogP contribution < -0.4 is 4.72 Å². The third-order valence-electron chi connectivity index (χ3n) is 4.91. The van der Waals surface area contributed by atoms with Gasteiger partial charge >= 0.3 is 0 Å². The molecule has 1 saturated heterocycles. The van der Waals surface area contributed by atoms with E-state index in [0.29, 0.717) is 24.7 Å². The number of nitrogens with one attached hydrogen (secondary N) is 1. The van der Waals surface area contributed by atoms with Crippen LogP contribution in [0.25, 0.3) is 0 Å². The van der Waals surface area contributed by atoms with Gasteiger partial charge in [-0.2, -0.15) is 0 Å². The Kier molecular flexibility index (Phi) is 6.14. The smallest absolute Gasteiger partial charge is 0.240 e. The Morgan fingerprint density at radius 2 is 1.85 bits per heavy atom. The maximum absolute atomic E-state index is 12.9. The second kappa shape index (κ2) is 8.19. The number of rotatable bonds is 6. The monoisotopic (exact) mass is 394 g/mol. The van der Waals surface area contributed by atoms with Crippen molar-refractivity contribution in [2.45, 2.75) is 31.7 Å². The summed E-state index contributed by atoms with van der Waals surface area (Å²) < 4.78 is 34.1. The van der Waals surface area contributed by atoms with E-state index in [-0.39, 0.29) is 6.04 Å². The summed E-state index contributed by atoms with van der Waals surface area (Å²) in [4.78, 5) is 3.84. The van der Waals surface area contributed by atoms with Crippen LogP contribution in [-0.2, 0) is 14.8 Å². The van der Waals surface area contributed by atoms with Crippen LogP contribution in [0.2, 0.25) is 0 Å². The highest BCUT2D eigenvalue weighted by Crippen LogP contribution is 2.26. The van der Waals surface area contributed by atoms with E-state index in [0.717, 1.165) is 29.8 Å². The molecule has 26 heavy (non-hydrogen) atoms. The fourth-order valence-corrected chi connectivity index (χ4v) is 5.48. The summed E-state index contributed by atoms with van der Waals surface area (Å²) in [5.74, 6) is 0. The van der Waals surface area contributed by atoms with Gasteiger partial charge in [0, 0.05) is 24.5 Å². The van der Waals surface area contributed by atoms with Crippen LogP contribution in [0, 0.1) is 20.8 Å². The molecule has 0 unspecified atom stereocenters. The number of morpholine rings is 1. The second-order valence-corrected chi connectivity index (χ2v) is 9.45. The fourth-order valence-electron chi connectivity index (χ4n) is 3.27. The van der Waals surface area contributed by atoms with E-state index in [2.05, 4.69) is 15.7 Å². The van der Waals surface area contributed by atoms with E-state index >= 15 is 0 Å². The normalized spacial score (nSPS) is 17.3. The lowest BCUT2D eigenvalue weighted by Gasteiger charge is -2.34. The summed E-state index contributed by atoms with van der Waals surface area (Å²) in [5.41, 5.74) is 2.87. The van der Waals surface area contributed by atoms with Crippen molar-refractivity contribution in [3.8, 4) is 0 Å². The van der Waals surface area contributed by atoms with Gasteiger partial charge in [0.25, 0.3) is 0 Å². The van der Waals surface area contributed by atoms with Crippen LogP contribution in [0.4, 0.5) is 0 Å². The molecule has 1 atom stereocenters. The van der Waals surface area contributed by atoms with Crippen LogP contribution in [0.1, 0.15) is 27.6 Å². The van der Waals surface area contributed by atoms with Crippen molar-refractivity contribution in [3.63, 3.8) is 0 Å². The number of benzene rings is 1. The van der Waals surface area contributed by atoms with E-state index in [9.17, 15) is 8.42 Å². The van der Waals surface area contributed by atoms with Crippen molar-refractivity contribution >= 4 is 21.4 Å². The molecule has 1 aromatic carbocycles. The summed E-state index contributed by atoms with van der Waals surface area (Å²) in [6.45, 7) is 9.14. The lowest BCUT2D eigenvalue weighted by Crippen LogP contribution is -2.43. The van der Waals surface area contributed by atoms with Gasteiger partial charge < -0.3 is 4.74 Å². The quantitative estimate of drug-likeness (QED) is 0.818. The van der Waals surface area contributed by atoms with Gasteiger partial charge in [-0.05, 0) is 55.0 Å². The molecule has 1 N–H and O–H groups in total. The average Bonchev–Trinajstić information content (AvgIpc) is 3.13. The van der Waals surface area contributed by atoms with Crippen LogP contribution in [-0.4, -0.2) is 46.2 Å². The first-order valence-electron chi connectivity index (χ1n) is 8.81. The SMILES string of the molecule is Cc1cc(C)c(S(=O)(=O)NC[C@@H](c2cccs2)N2CCOCC2)cc1C. The Hall–Kier alpha value is -1.25. The van der Waals surface area contributed by atoms with Crippen molar-refractivity contribution in [2.24, 2.45) is 0 Å². The topological polar surface area (TPSA) is 58.6 Å². The largest absolute Gasteiger partial charge is 0.379 e. The summed E-state index contributed by atoms with van der Waals surface area (Å²) in [7, 11) is -3.56. The molecule has 7 heteroatoms. The van der Waals surface area contributed by atoms with Crippen LogP contribution in [0.3, 0.4) is 0 Å². The lowest BCUT2D eigenvalue weighted by molar-refractivity contribution is 0.0179. The van der Waals surface area contributed by atoms with Crippen molar-refractivity contribution < 1.29 is 13.2 Å². The van der Waals surface area contributed by atoms with E-state index < -0.39 is 10.0 Å². The Morgan fingerprint density at radius 1 is 1.15 bits per heavy atom. The van der Waals surface area contributed by atoms with Crippen molar-refractivity contribution in [2.75, 3.05) is 32.8 Å². The average molecular weight is 395 g/mol. The molecular weight excluding hydrogens is 368 g/mol. The van der Waals surface area contributed by atoms with E-state index in [4.69, 9.17) is 4.74 Å². The molecule has 0 spiro atoms. The number of aryl methyl sites for hydroxylation is 3. The summed E-state index contributed by atoms with van der Waals surface area (Å²) in [6.07, 6.45) is 0. The first kappa shape index (κ1) is 19.5. The third-order valence-corrected chi connectivity index (χ3v) is 7.44. The summed E-state index contributed by atoms with van der Waals surface area (Å²) in [6, 6.07) is 7.81. The lowest BCUT2D eigenvalue weighted by atomic mass is 10.1. The molecule has 0 saturated carbocycles. The van der Waals surface area contributed by atoms with Crippen molar-refractivity contribution in [1.82, 2.24) is 9.62 Å². The maximum Gasteiger partial charge on any atom is 0.240 e. The van der Waals surface area contributed by atoms with Crippen LogP contribution >= 0.6 is 11.3 Å². The van der Waals surface area contributed by atoms with Gasteiger partial charge in [-0.15, -0.1) is 11.3 Å². The standard InChI is InChI=1S/C19H26N2O3S2/c1-14-11-16(3)19(12-15(14)2)26(22,23)20-13-17(18-5-4-10-25-18)21-6-8-24-9-7-21/h4-5,10-12,17,20H,6-9,13H2,1-3H3/t17-/m0/s1. The summed E-state index contributed by atoms with van der Waals surface area (Å²) >= 11 is 1.66. The molecule has 5 nitrogen and oxygen atoms in total. The Bertz CT molecular complexity index is 842. The van der Waals surface area contributed by atoms with Gasteiger partial charge in [0.1, 0.15) is 0 Å². The molecule has 1 aliphatic rings. The molecule has 2 heterocycles. The number of nitrogens with zero attached hydrogens (tertiary/aromatic N) is 1. The minimum atomic E-state index is -3.56. The molecule has 2 aromatic rings. The van der Waals surface area contributed by atoms with Gasteiger partial charge in [0.05, 0.1) is 24.2 Å². The highest BCUT2D eigenvalue weighted by atomic mass is 32.2. The molecule has 0 amide bonds. The highest BCUT2D eigenvalue weighted by Gasteiger charge is 2.26. The number of ether oxygens (including phenoxy) is 1. The molecule has 1 aliphatic heterocycles. The maximum atomic E-state index is 12.9. The number of sulfonamides is 1. The minimum absolute atomic E-state index is 0.0283. The Labute approximate surface area is 160 Å².